The number of aromatic nitrogens is 4. The zero-order valence-corrected chi connectivity index (χ0v) is 27.2. The molecule has 2 aromatic carbocycles. The zero-order chi connectivity index (χ0) is 32.4. The van der Waals surface area contributed by atoms with E-state index in [1.54, 1.807) is 32.0 Å². The minimum atomic E-state index is -1.11. The molecule has 2 saturated heterocycles. The second kappa shape index (κ2) is 13.3. The third-order valence-electron chi connectivity index (χ3n) is 9.65. The van der Waals surface area contributed by atoms with Gasteiger partial charge in [0.25, 0.3) is 5.56 Å². The summed E-state index contributed by atoms with van der Waals surface area (Å²) in [6.45, 7) is 3.29. The van der Waals surface area contributed by atoms with E-state index >= 15 is 0 Å². The Morgan fingerprint density at radius 1 is 1.04 bits per heavy atom. The van der Waals surface area contributed by atoms with Gasteiger partial charge in [-0.2, -0.15) is 0 Å². The fourth-order valence-electron chi connectivity index (χ4n) is 7.02. The molecule has 10 nitrogen and oxygen atoms in total. The lowest BCUT2D eigenvalue weighted by Crippen LogP contribution is -2.53. The van der Waals surface area contributed by atoms with Gasteiger partial charge in [0.15, 0.2) is 0 Å². The number of methoxy groups -OCH3 is 1. The van der Waals surface area contributed by atoms with Gasteiger partial charge in [0, 0.05) is 62.0 Å². The summed E-state index contributed by atoms with van der Waals surface area (Å²) in [6, 6.07) is 18.0. The smallest absolute Gasteiger partial charge is 0.262 e. The molecule has 2 aliphatic rings. The Morgan fingerprint density at radius 3 is 2.55 bits per heavy atom. The first-order valence-electron chi connectivity index (χ1n) is 16.1. The van der Waals surface area contributed by atoms with E-state index in [0.29, 0.717) is 43.4 Å². The maximum Gasteiger partial charge on any atom is 0.262 e. The highest BCUT2D eigenvalue weighted by Gasteiger charge is 2.41. The second-order valence-electron chi connectivity index (χ2n) is 12.6. The summed E-state index contributed by atoms with van der Waals surface area (Å²) in [5.41, 5.74) is 2.43. The van der Waals surface area contributed by atoms with E-state index in [-0.39, 0.29) is 29.8 Å². The average molecular weight is 651 g/mol. The summed E-state index contributed by atoms with van der Waals surface area (Å²) in [6.07, 6.45) is 8.27. The fraction of sp³-hybridized carbons (Fsp3) is 0.361. The van der Waals surface area contributed by atoms with Crippen molar-refractivity contribution in [2.24, 2.45) is 5.92 Å². The number of amides is 1. The summed E-state index contributed by atoms with van der Waals surface area (Å²) >= 11 is 1.48. The Bertz CT molecular complexity index is 1890. The van der Waals surface area contributed by atoms with Gasteiger partial charge in [-0.15, -0.1) is 11.3 Å². The lowest BCUT2D eigenvalue weighted by molar-refractivity contribution is -0.142. The largest absolute Gasteiger partial charge is 0.497 e. The number of piperidine rings is 2. The predicted octanol–water partition coefficient (Wildman–Crippen LogP) is 4.58. The van der Waals surface area contributed by atoms with Crippen molar-refractivity contribution in [2.75, 3.05) is 33.3 Å². The third-order valence-corrected chi connectivity index (χ3v) is 10.7. The first-order chi connectivity index (χ1) is 22.9. The molecule has 3 aromatic heterocycles. The van der Waals surface area contributed by atoms with E-state index in [1.807, 2.05) is 52.7 Å². The van der Waals surface area contributed by atoms with Gasteiger partial charge in [0.1, 0.15) is 5.75 Å². The highest BCUT2D eigenvalue weighted by molar-refractivity contribution is 7.15. The Kier molecular flexibility index (Phi) is 8.85. The van der Waals surface area contributed by atoms with E-state index in [1.165, 1.54) is 15.9 Å². The van der Waals surface area contributed by atoms with E-state index in [2.05, 4.69) is 32.0 Å². The molecule has 0 spiro atoms. The van der Waals surface area contributed by atoms with Crippen LogP contribution < -0.4 is 10.3 Å². The molecule has 47 heavy (non-hydrogen) atoms. The number of aliphatic hydroxyl groups is 1. The van der Waals surface area contributed by atoms with Crippen molar-refractivity contribution in [2.45, 2.75) is 43.9 Å². The first kappa shape index (κ1) is 31.2. The van der Waals surface area contributed by atoms with Crippen molar-refractivity contribution in [3.05, 3.63) is 107 Å². The lowest BCUT2D eigenvalue weighted by Gasteiger charge is -2.43. The molecule has 7 rings (SSSR count). The van der Waals surface area contributed by atoms with Gasteiger partial charge in [-0.3, -0.25) is 29.0 Å². The molecule has 1 N–H and O–H groups in total. The van der Waals surface area contributed by atoms with Gasteiger partial charge >= 0.3 is 0 Å². The average Bonchev–Trinajstić information content (AvgIpc) is 3.55. The molecule has 5 heterocycles. The number of likely N-dealkylation sites (tertiary alicyclic amines) is 2. The van der Waals surface area contributed by atoms with E-state index in [4.69, 9.17) is 4.74 Å². The number of ether oxygens (including phenoxy) is 1. The number of rotatable bonds is 8. The van der Waals surface area contributed by atoms with Gasteiger partial charge in [-0.1, -0.05) is 30.3 Å². The molecule has 0 bridgehead atoms. The highest BCUT2D eigenvalue weighted by Crippen LogP contribution is 2.36. The van der Waals surface area contributed by atoms with Crippen LogP contribution in [0, 0.1) is 5.92 Å². The van der Waals surface area contributed by atoms with Crippen molar-refractivity contribution in [1.29, 1.82) is 0 Å². The number of carbonyl (C=O) groups is 1. The van der Waals surface area contributed by atoms with Crippen LogP contribution >= 0.6 is 11.3 Å². The number of benzene rings is 2. The van der Waals surface area contributed by atoms with Crippen LogP contribution in [0.5, 0.6) is 5.75 Å². The van der Waals surface area contributed by atoms with Gasteiger partial charge in [-0.05, 0) is 61.2 Å². The number of carbonyl (C=O) groups excluding carboxylic acids is 1. The van der Waals surface area contributed by atoms with Gasteiger partial charge < -0.3 is 14.7 Å². The first-order valence-corrected chi connectivity index (χ1v) is 16.9. The molecular formula is C36H38N6O4S. The van der Waals surface area contributed by atoms with Crippen LogP contribution in [0.15, 0.2) is 89.7 Å². The normalized spacial score (nSPS) is 19.9. The SMILES string of the molecule is COc1ccc(-c2scc3c(=O)n(CC4(O)CCN(C(=O)[C@@H]5CCN(Cc6cnccn6)C[C@H]5c5ccccc5)CC4)cnc23)cc1. The minimum Gasteiger partial charge on any atom is -0.497 e. The highest BCUT2D eigenvalue weighted by atomic mass is 32.1. The number of hydrogen-bond donors (Lipinski definition) is 1. The van der Waals surface area contributed by atoms with Crippen molar-refractivity contribution in [3.8, 4) is 16.2 Å². The Morgan fingerprint density at radius 2 is 1.83 bits per heavy atom. The van der Waals surface area contributed by atoms with Crippen molar-refractivity contribution in [3.63, 3.8) is 0 Å². The molecule has 1 amide bonds. The summed E-state index contributed by atoms with van der Waals surface area (Å²) in [5, 5.41) is 14.0. The van der Waals surface area contributed by atoms with Crippen LogP contribution in [0.3, 0.4) is 0 Å². The number of thiophene rings is 1. The molecule has 0 aliphatic carbocycles. The number of nitrogens with zero attached hydrogens (tertiary/aromatic N) is 6. The lowest BCUT2D eigenvalue weighted by atomic mass is 9.79. The maximum absolute atomic E-state index is 14.1. The van der Waals surface area contributed by atoms with Crippen LogP contribution in [0.4, 0.5) is 0 Å². The van der Waals surface area contributed by atoms with Crippen LogP contribution in [0.25, 0.3) is 21.3 Å². The van der Waals surface area contributed by atoms with E-state index < -0.39 is 5.60 Å². The predicted molar refractivity (Wildman–Crippen MR) is 181 cm³/mol. The molecule has 2 atom stereocenters. The molecule has 5 aromatic rings. The zero-order valence-electron chi connectivity index (χ0n) is 26.4. The van der Waals surface area contributed by atoms with Crippen LogP contribution in [0.1, 0.15) is 36.4 Å². The van der Waals surface area contributed by atoms with Crippen LogP contribution in [-0.2, 0) is 17.9 Å². The molecule has 0 unspecified atom stereocenters. The molecule has 0 saturated carbocycles. The van der Waals surface area contributed by atoms with Crippen LogP contribution in [0.2, 0.25) is 0 Å². The van der Waals surface area contributed by atoms with Crippen LogP contribution in [-0.4, -0.2) is 79.2 Å². The number of hydrogen-bond acceptors (Lipinski definition) is 9. The van der Waals surface area contributed by atoms with Crippen molar-refractivity contribution < 1.29 is 14.6 Å². The summed E-state index contributed by atoms with van der Waals surface area (Å²) in [5.74, 6) is 0.820. The van der Waals surface area contributed by atoms with Crippen molar-refractivity contribution >= 4 is 28.1 Å². The van der Waals surface area contributed by atoms with E-state index in [0.717, 1.165) is 47.0 Å². The molecular weight excluding hydrogens is 613 g/mol. The van der Waals surface area contributed by atoms with Crippen molar-refractivity contribution in [1.82, 2.24) is 29.3 Å². The standard InChI is InChI=1S/C36H38N6O4S/c1-46-28-9-7-26(8-10-28)33-32-31(22-47-33)35(44)42(24-39-32)23-36(45)12-17-41(18-13-36)34(43)29-11-16-40(20-27-19-37-14-15-38-27)21-30(29)25-5-3-2-4-6-25/h2-10,14-15,19,22,24,29-30,45H,11-13,16-18,20-21,23H2,1H3/t29-,30+/m1/s1. The Labute approximate surface area is 277 Å². The summed E-state index contributed by atoms with van der Waals surface area (Å²) in [7, 11) is 1.63. The molecule has 11 heteroatoms. The second-order valence-corrected chi connectivity index (χ2v) is 13.5. The molecule has 242 valence electrons. The molecule has 2 fully saturated rings. The topological polar surface area (TPSA) is 114 Å². The minimum absolute atomic E-state index is 0.0553. The van der Waals surface area contributed by atoms with Gasteiger partial charge in [0.05, 0.1) is 47.1 Å². The quantitative estimate of drug-likeness (QED) is 0.260. The third kappa shape index (κ3) is 6.56. The van der Waals surface area contributed by atoms with Gasteiger partial charge in [-0.25, -0.2) is 4.98 Å². The maximum atomic E-state index is 14.1. The van der Waals surface area contributed by atoms with Gasteiger partial charge in [0.2, 0.25) is 5.91 Å². The Hall–Kier alpha value is -4.45. The monoisotopic (exact) mass is 650 g/mol. The Balaban J connectivity index is 1.02. The molecule has 0 radical (unpaired) electrons. The summed E-state index contributed by atoms with van der Waals surface area (Å²) < 4.78 is 6.79. The number of fused-ring (bicyclic) bond motifs is 1. The fourth-order valence-corrected chi connectivity index (χ4v) is 8.01. The van der Waals surface area contributed by atoms with E-state index in [9.17, 15) is 14.7 Å². The summed E-state index contributed by atoms with van der Waals surface area (Å²) in [4.78, 5) is 46.1. The molecule has 2 aliphatic heterocycles.